The van der Waals surface area contributed by atoms with E-state index in [-0.39, 0.29) is 5.92 Å². The first kappa shape index (κ1) is 10.3. The highest BCUT2D eigenvalue weighted by Crippen LogP contribution is 2.61. The average Bonchev–Trinajstić information content (AvgIpc) is 2.96. The standard InChI is InChI=1S/C17H16O/c18-17(13-6-2-1-3-7-13)11-12-10-16(17)15-9-5-4-8-14(12)15/h1-9,12,16,18H,10-11H2/t12-,16-,17+/m1/s1. The molecule has 0 aromatic heterocycles. The van der Waals surface area contributed by atoms with Crippen molar-refractivity contribution in [2.24, 2.45) is 0 Å². The van der Waals surface area contributed by atoms with Gasteiger partial charge < -0.3 is 5.11 Å². The second kappa shape index (κ2) is 3.46. The monoisotopic (exact) mass is 236 g/mol. The highest BCUT2D eigenvalue weighted by atomic mass is 16.3. The summed E-state index contributed by atoms with van der Waals surface area (Å²) in [6, 6.07) is 18.8. The van der Waals surface area contributed by atoms with Crippen LogP contribution in [0.3, 0.4) is 0 Å². The van der Waals surface area contributed by atoms with Crippen LogP contribution in [-0.2, 0) is 5.60 Å². The predicted octanol–water partition coefficient (Wildman–Crippen LogP) is 3.55. The molecule has 4 rings (SSSR count). The van der Waals surface area contributed by atoms with Crippen LogP contribution in [0.15, 0.2) is 54.6 Å². The Labute approximate surface area is 107 Å². The van der Waals surface area contributed by atoms with Gasteiger partial charge in [-0.25, -0.2) is 0 Å². The van der Waals surface area contributed by atoms with Crippen molar-refractivity contribution < 1.29 is 5.11 Å². The minimum absolute atomic E-state index is 0.279. The number of hydrogen-bond donors (Lipinski definition) is 1. The summed E-state index contributed by atoms with van der Waals surface area (Å²) in [5, 5.41) is 11.1. The minimum Gasteiger partial charge on any atom is -0.385 e. The Bertz CT molecular complexity index is 590. The van der Waals surface area contributed by atoms with E-state index in [1.165, 1.54) is 11.1 Å². The molecule has 2 aromatic rings. The second-order valence-electron chi connectivity index (χ2n) is 5.61. The van der Waals surface area contributed by atoms with Gasteiger partial charge in [-0.05, 0) is 35.4 Å². The molecule has 2 bridgehead atoms. The van der Waals surface area contributed by atoms with Crippen LogP contribution in [0.5, 0.6) is 0 Å². The lowest BCUT2D eigenvalue weighted by Crippen LogP contribution is -2.31. The molecule has 3 atom stereocenters. The fraction of sp³-hybridized carbons (Fsp3) is 0.294. The lowest BCUT2D eigenvalue weighted by Gasteiger charge is -2.34. The van der Waals surface area contributed by atoms with Crippen molar-refractivity contribution in [3.63, 3.8) is 0 Å². The number of benzene rings is 2. The van der Waals surface area contributed by atoms with Crippen molar-refractivity contribution in [2.75, 3.05) is 0 Å². The number of rotatable bonds is 1. The fourth-order valence-corrected chi connectivity index (χ4v) is 3.95. The lowest BCUT2D eigenvalue weighted by molar-refractivity contribution is 0.0209. The summed E-state index contributed by atoms with van der Waals surface area (Å²) in [7, 11) is 0. The van der Waals surface area contributed by atoms with Gasteiger partial charge in [0, 0.05) is 5.92 Å². The lowest BCUT2D eigenvalue weighted by atomic mass is 9.76. The Morgan fingerprint density at radius 3 is 2.33 bits per heavy atom. The Morgan fingerprint density at radius 2 is 1.56 bits per heavy atom. The van der Waals surface area contributed by atoms with E-state index in [1.54, 1.807) is 0 Å². The topological polar surface area (TPSA) is 20.2 Å². The first-order valence-electron chi connectivity index (χ1n) is 6.66. The van der Waals surface area contributed by atoms with Gasteiger partial charge in [0.15, 0.2) is 0 Å². The molecule has 1 heteroatoms. The fourth-order valence-electron chi connectivity index (χ4n) is 3.95. The average molecular weight is 236 g/mol. The maximum absolute atomic E-state index is 11.1. The molecule has 0 unspecified atom stereocenters. The van der Waals surface area contributed by atoms with Crippen LogP contribution in [0.4, 0.5) is 0 Å². The largest absolute Gasteiger partial charge is 0.385 e. The van der Waals surface area contributed by atoms with Gasteiger partial charge in [0.1, 0.15) is 0 Å². The Kier molecular flexibility index (Phi) is 1.98. The third-order valence-electron chi connectivity index (χ3n) is 4.74. The number of fused-ring (bicyclic) bond motifs is 5. The Hall–Kier alpha value is -1.60. The second-order valence-corrected chi connectivity index (χ2v) is 5.61. The van der Waals surface area contributed by atoms with Crippen molar-refractivity contribution >= 4 is 0 Å². The molecule has 90 valence electrons. The maximum atomic E-state index is 11.1. The van der Waals surface area contributed by atoms with Crippen LogP contribution in [-0.4, -0.2) is 5.11 Å². The molecule has 2 aliphatic carbocycles. The molecular formula is C17H16O. The molecule has 0 aliphatic heterocycles. The molecule has 2 aliphatic rings. The smallest absolute Gasteiger partial charge is 0.0970 e. The van der Waals surface area contributed by atoms with Gasteiger partial charge in [0.25, 0.3) is 0 Å². The normalized spacial score (nSPS) is 32.5. The summed E-state index contributed by atoms with van der Waals surface area (Å²) in [6.07, 6.45) is 1.98. The van der Waals surface area contributed by atoms with Gasteiger partial charge in [-0.3, -0.25) is 0 Å². The third kappa shape index (κ3) is 1.20. The molecule has 1 fully saturated rings. The van der Waals surface area contributed by atoms with Crippen molar-refractivity contribution in [3.05, 3.63) is 71.3 Å². The van der Waals surface area contributed by atoms with Crippen LogP contribution < -0.4 is 0 Å². The molecule has 2 aromatic carbocycles. The van der Waals surface area contributed by atoms with Gasteiger partial charge in [0.05, 0.1) is 5.60 Å². The van der Waals surface area contributed by atoms with E-state index in [9.17, 15) is 5.11 Å². The van der Waals surface area contributed by atoms with Crippen molar-refractivity contribution in [3.8, 4) is 0 Å². The molecule has 1 saturated carbocycles. The van der Waals surface area contributed by atoms with Gasteiger partial charge in [-0.2, -0.15) is 0 Å². The molecule has 1 nitrogen and oxygen atoms in total. The Morgan fingerprint density at radius 1 is 0.889 bits per heavy atom. The predicted molar refractivity (Wildman–Crippen MR) is 71.5 cm³/mol. The molecule has 0 heterocycles. The van der Waals surface area contributed by atoms with E-state index in [0.717, 1.165) is 18.4 Å². The molecule has 0 amide bonds. The molecule has 0 spiro atoms. The van der Waals surface area contributed by atoms with Crippen molar-refractivity contribution in [1.29, 1.82) is 0 Å². The highest BCUT2D eigenvalue weighted by Gasteiger charge is 2.53. The molecule has 0 saturated heterocycles. The van der Waals surface area contributed by atoms with Gasteiger partial charge >= 0.3 is 0 Å². The summed E-state index contributed by atoms with van der Waals surface area (Å²) in [5.41, 5.74) is 3.25. The zero-order valence-corrected chi connectivity index (χ0v) is 10.2. The van der Waals surface area contributed by atoms with E-state index in [2.05, 4.69) is 36.4 Å². The third-order valence-corrected chi connectivity index (χ3v) is 4.74. The van der Waals surface area contributed by atoms with E-state index >= 15 is 0 Å². The molecule has 0 radical (unpaired) electrons. The van der Waals surface area contributed by atoms with Crippen LogP contribution in [0, 0.1) is 0 Å². The zero-order chi connectivity index (χ0) is 12.2. The first-order valence-corrected chi connectivity index (χ1v) is 6.66. The summed E-state index contributed by atoms with van der Waals surface area (Å²) in [4.78, 5) is 0. The van der Waals surface area contributed by atoms with Crippen LogP contribution in [0.25, 0.3) is 0 Å². The molecular weight excluding hydrogens is 220 g/mol. The Balaban J connectivity index is 1.85. The summed E-state index contributed by atoms with van der Waals surface area (Å²) in [5.74, 6) is 0.817. The number of aliphatic hydroxyl groups is 1. The van der Waals surface area contributed by atoms with E-state index < -0.39 is 5.60 Å². The van der Waals surface area contributed by atoms with Gasteiger partial charge in [0.2, 0.25) is 0 Å². The summed E-state index contributed by atoms with van der Waals surface area (Å²) < 4.78 is 0. The first-order chi connectivity index (χ1) is 8.79. The van der Waals surface area contributed by atoms with Crippen LogP contribution >= 0.6 is 0 Å². The minimum atomic E-state index is -0.652. The summed E-state index contributed by atoms with van der Waals surface area (Å²) >= 11 is 0. The number of hydrogen-bond acceptors (Lipinski definition) is 1. The van der Waals surface area contributed by atoms with Crippen molar-refractivity contribution in [2.45, 2.75) is 30.3 Å². The maximum Gasteiger partial charge on any atom is 0.0970 e. The quantitative estimate of drug-likeness (QED) is 0.802. The van der Waals surface area contributed by atoms with Crippen molar-refractivity contribution in [1.82, 2.24) is 0 Å². The van der Waals surface area contributed by atoms with Crippen LogP contribution in [0.1, 0.15) is 41.4 Å². The SMILES string of the molecule is O[C@]1(c2ccccc2)C[C@H]2C[C@@H]1c1ccccc12. The summed E-state index contributed by atoms with van der Waals surface area (Å²) in [6.45, 7) is 0. The van der Waals surface area contributed by atoms with Gasteiger partial charge in [-0.1, -0.05) is 54.6 Å². The highest BCUT2D eigenvalue weighted by molar-refractivity contribution is 5.47. The zero-order valence-electron chi connectivity index (χ0n) is 10.2. The van der Waals surface area contributed by atoms with E-state index in [1.807, 2.05) is 18.2 Å². The molecule has 1 N–H and O–H groups in total. The van der Waals surface area contributed by atoms with Crippen LogP contribution in [0.2, 0.25) is 0 Å². The molecule has 18 heavy (non-hydrogen) atoms. The van der Waals surface area contributed by atoms with Gasteiger partial charge in [-0.15, -0.1) is 0 Å². The van der Waals surface area contributed by atoms with E-state index in [0.29, 0.717) is 5.92 Å². The van der Waals surface area contributed by atoms with E-state index in [4.69, 9.17) is 0 Å².